The molecule has 1 heterocycles. The van der Waals surface area contributed by atoms with Crippen molar-refractivity contribution < 1.29 is 26.4 Å². The van der Waals surface area contributed by atoms with Crippen molar-refractivity contribution in [1.82, 2.24) is 10.0 Å². The van der Waals surface area contributed by atoms with Crippen LogP contribution in [0.3, 0.4) is 0 Å². The molecule has 0 fully saturated rings. The van der Waals surface area contributed by atoms with Gasteiger partial charge in [-0.2, -0.15) is 17.9 Å². The van der Waals surface area contributed by atoms with Crippen LogP contribution in [0.4, 0.5) is 13.2 Å². The number of hydrogen-bond acceptors (Lipinski definition) is 4. The number of rotatable bonds is 5. The molecule has 1 aromatic heterocycles. The van der Waals surface area contributed by atoms with Gasteiger partial charge in [-0.25, -0.2) is 8.42 Å². The van der Waals surface area contributed by atoms with Crippen LogP contribution in [0.1, 0.15) is 13.8 Å². The largest absolute Gasteiger partial charge is 0.416 e. The third-order valence-electron chi connectivity index (χ3n) is 2.46. The molecule has 114 valence electrons. The standard InChI is InChI=1S/C10H13F3N2O3S2/c1-3-14-8(16)9(2,10(11,12)13)15-20(17,18)7-5-4-6-19-7/h4-6,15H,3H2,1-2H3,(H,14,16)/t9-/m1/s1. The minimum Gasteiger partial charge on any atom is -0.354 e. The molecule has 0 radical (unpaired) electrons. The first-order valence-electron chi connectivity index (χ1n) is 5.47. The maximum atomic E-state index is 13.1. The van der Waals surface area contributed by atoms with Crippen LogP contribution in [-0.4, -0.2) is 32.6 Å². The van der Waals surface area contributed by atoms with Crippen molar-refractivity contribution >= 4 is 27.3 Å². The Morgan fingerprint density at radius 2 is 2.00 bits per heavy atom. The van der Waals surface area contributed by atoms with Crippen molar-refractivity contribution in [2.45, 2.75) is 29.8 Å². The molecule has 1 amide bonds. The summed E-state index contributed by atoms with van der Waals surface area (Å²) in [6, 6.07) is 2.54. The van der Waals surface area contributed by atoms with Crippen molar-refractivity contribution in [2.24, 2.45) is 0 Å². The maximum absolute atomic E-state index is 13.1. The SMILES string of the molecule is CCNC(=O)[C@@](C)(NS(=O)(=O)c1cccs1)C(F)(F)F. The molecule has 0 aliphatic carbocycles. The molecular formula is C10H13F3N2O3S2. The highest BCUT2D eigenvalue weighted by Crippen LogP contribution is 2.32. The Morgan fingerprint density at radius 1 is 1.40 bits per heavy atom. The Bertz CT molecular complexity index is 569. The van der Waals surface area contributed by atoms with Gasteiger partial charge in [0, 0.05) is 6.54 Å². The van der Waals surface area contributed by atoms with Crippen LogP contribution < -0.4 is 10.0 Å². The van der Waals surface area contributed by atoms with E-state index in [4.69, 9.17) is 0 Å². The lowest BCUT2D eigenvalue weighted by molar-refractivity contribution is -0.191. The lowest BCUT2D eigenvalue weighted by Crippen LogP contribution is -2.65. The van der Waals surface area contributed by atoms with Gasteiger partial charge in [0.05, 0.1) is 0 Å². The van der Waals surface area contributed by atoms with Crippen LogP contribution in [0.5, 0.6) is 0 Å². The number of carbonyl (C=O) groups excluding carboxylic acids is 1. The molecule has 1 atom stereocenters. The Hall–Kier alpha value is -1.13. The van der Waals surface area contributed by atoms with E-state index in [0.29, 0.717) is 6.92 Å². The van der Waals surface area contributed by atoms with E-state index in [2.05, 4.69) is 0 Å². The Kier molecular flexibility index (Phi) is 4.82. The highest BCUT2D eigenvalue weighted by atomic mass is 32.2. The lowest BCUT2D eigenvalue weighted by atomic mass is 10.0. The van der Waals surface area contributed by atoms with E-state index < -0.39 is 27.6 Å². The van der Waals surface area contributed by atoms with E-state index >= 15 is 0 Å². The zero-order valence-corrected chi connectivity index (χ0v) is 12.2. The average Bonchev–Trinajstić information content (AvgIpc) is 2.81. The fourth-order valence-corrected chi connectivity index (χ4v) is 3.66. The number of carbonyl (C=O) groups is 1. The number of halogens is 3. The molecule has 0 aromatic carbocycles. The van der Waals surface area contributed by atoms with Crippen LogP contribution in [-0.2, 0) is 14.8 Å². The number of nitrogens with one attached hydrogen (secondary N) is 2. The van der Waals surface area contributed by atoms with E-state index in [-0.39, 0.29) is 10.8 Å². The zero-order chi connectivity index (χ0) is 15.6. The Balaban J connectivity index is 3.19. The predicted octanol–water partition coefficient (Wildman–Crippen LogP) is 1.48. The monoisotopic (exact) mass is 330 g/mol. The van der Waals surface area contributed by atoms with Gasteiger partial charge in [0.2, 0.25) is 11.4 Å². The second kappa shape index (κ2) is 5.70. The first kappa shape index (κ1) is 16.9. The van der Waals surface area contributed by atoms with Crippen molar-refractivity contribution in [3.8, 4) is 0 Å². The number of thiophene rings is 1. The van der Waals surface area contributed by atoms with E-state index in [1.54, 1.807) is 0 Å². The summed E-state index contributed by atoms with van der Waals surface area (Å²) in [6.07, 6.45) is -5.07. The normalized spacial score (nSPS) is 15.7. The molecule has 0 aliphatic heterocycles. The van der Waals surface area contributed by atoms with Crippen molar-refractivity contribution in [3.63, 3.8) is 0 Å². The maximum Gasteiger partial charge on any atom is 0.416 e. The number of sulfonamides is 1. The molecule has 1 aromatic rings. The van der Waals surface area contributed by atoms with E-state index in [0.717, 1.165) is 17.4 Å². The fourth-order valence-electron chi connectivity index (χ4n) is 1.31. The molecule has 0 spiro atoms. The highest BCUT2D eigenvalue weighted by Gasteiger charge is 2.59. The summed E-state index contributed by atoms with van der Waals surface area (Å²) in [4.78, 5) is 11.6. The smallest absolute Gasteiger partial charge is 0.354 e. The molecule has 0 saturated heterocycles. The molecule has 10 heteroatoms. The van der Waals surface area contributed by atoms with Gasteiger partial charge >= 0.3 is 6.18 Å². The molecule has 5 nitrogen and oxygen atoms in total. The summed E-state index contributed by atoms with van der Waals surface area (Å²) in [6.45, 7) is 1.87. The van der Waals surface area contributed by atoms with Crippen molar-refractivity contribution in [1.29, 1.82) is 0 Å². The first-order valence-corrected chi connectivity index (χ1v) is 7.83. The van der Waals surface area contributed by atoms with Crippen LogP contribution in [0, 0.1) is 0 Å². The van der Waals surface area contributed by atoms with Gasteiger partial charge in [-0.1, -0.05) is 6.07 Å². The zero-order valence-electron chi connectivity index (χ0n) is 10.6. The van der Waals surface area contributed by atoms with E-state index in [9.17, 15) is 26.4 Å². The molecule has 0 bridgehead atoms. The average molecular weight is 330 g/mol. The number of alkyl halides is 3. The topological polar surface area (TPSA) is 75.3 Å². The minimum absolute atomic E-state index is 0.0504. The van der Waals surface area contributed by atoms with Crippen LogP contribution in [0.25, 0.3) is 0 Å². The van der Waals surface area contributed by atoms with Crippen molar-refractivity contribution in [2.75, 3.05) is 6.54 Å². The first-order chi connectivity index (χ1) is 9.04. The molecular weight excluding hydrogens is 317 g/mol. The molecule has 20 heavy (non-hydrogen) atoms. The van der Waals surface area contributed by atoms with Gasteiger partial charge in [0.25, 0.3) is 10.0 Å². The second-order valence-corrected chi connectivity index (χ2v) is 6.88. The molecule has 0 saturated carbocycles. The summed E-state index contributed by atoms with van der Waals surface area (Å²) in [5.41, 5.74) is -3.23. The third-order valence-corrected chi connectivity index (χ3v) is 5.41. The van der Waals surface area contributed by atoms with Gasteiger partial charge in [-0.05, 0) is 25.3 Å². The lowest BCUT2D eigenvalue weighted by Gasteiger charge is -2.30. The van der Waals surface area contributed by atoms with Gasteiger partial charge < -0.3 is 5.32 Å². The summed E-state index contributed by atoms with van der Waals surface area (Å²) in [5, 5.41) is 3.39. The summed E-state index contributed by atoms with van der Waals surface area (Å²) in [7, 11) is -4.43. The summed E-state index contributed by atoms with van der Waals surface area (Å²) < 4.78 is 64.1. The van der Waals surface area contributed by atoms with E-state index in [1.807, 2.05) is 5.32 Å². The van der Waals surface area contributed by atoms with Gasteiger partial charge in [0.15, 0.2) is 0 Å². The summed E-state index contributed by atoms with van der Waals surface area (Å²) in [5.74, 6) is -1.45. The van der Waals surface area contributed by atoms with Gasteiger partial charge in [-0.15, -0.1) is 11.3 Å². The third kappa shape index (κ3) is 3.30. The minimum atomic E-state index is -5.07. The fraction of sp³-hybridized carbons (Fsp3) is 0.500. The second-order valence-electron chi connectivity index (χ2n) is 4.02. The van der Waals surface area contributed by atoms with Crippen LogP contribution >= 0.6 is 11.3 Å². The Morgan fingerprint density at radius 3 is 2.40 bits per heavy atom. The predicted molar refractivity (Wildman–Crippen MR) is 67.8 cm³/mol. The Labute approximate surface area is 118 Å². The van der Waals surface area contributed by atoms with E-state index in [1.165, 1.54) is 23.1 Å². The number of likely N-dealkylation sites (N-methyl/N-ethyl adjacent to an activating group) is 1. The number of amides is 1. The quantitative estimate of drug-likeness (QED) is 0.859. The highest BCUT2D eigenvalue weighted by molar-refractivity contribution is 7.91. The molecule has 2 N–H and O–H groups in total. The van der Waals surface area contributed by atoms with Gasteiger partial charge in [0.1, 0.15) is 4.21 Å². The van der Waals surface area contributed by atoms with Crippen molar-refractivity contribution in [3.05, 3.63) is 17.5 Å². The molecule has 1 rings (SSSR count). The number of hydrogen-bond donors (Lipinski definition) is 2. The molecule has 0 unspecified atom stereocenters. The van der Waals surface area contributed by atoms with Crippen LogP contribution in [0.2, 0.25) is 0 Å². The summed E-state index contributed by atoms with van der Waals surface area (Å²) >= 11 is 0.757. The van der Waals surface area contributed by atoms with Crippen LogP contribution in [0.15, 0.2) is 21.7 Å². The molecule has 0 aliphatic rings. The van der Waals surface area contributed by atoms with Gasteiger partial charge in [-0.3, -0.25) is 4.79 Å².